The highest BCUT2D eigenvalue weighted by atomic mass is 19.4. The average molecular weight is 480 g/mol. The zero-order valence-electron chi connectivity index (χ0n) is 18.2. The van der Waals surface area contributed by atoms with Gasteiger partial charge in [0.1, 0.15) is 5.82 Å². The first-order valence-corrected chi connectivity index (χ1v) is 10.2. The van der Waals surface area contributed by atoms with E-state index in [1.807, 2.05) is 4.90 Å². The fraction of sp³-hybridized carbons (Fsp3) is 0.333. The van der Waals surface area contributed by atoms with E-state index in [9.17, 15) is 27.2 Å². The van der Waals surface area contributed by atoms with Gasteiger partial charge in [-0.25, -0.2) is 14.2 Å². The van der Waals surface area contributed by atoms with Gasteiger partial charge in [0, 0.05) is 32.0 Å². The minimum Gasteiger partial charge on any atom is -0.378 e. The molecular weight excluding hydrogens is 460 g/mol. The molecule has 1 aliphatic heterocycles. The lowest BCUT2D eigenvalue weighted by molar-refractivity contribution is -0.139. The van der Waals surface area contributed by atoms with Gasteiger partial charge in [0.15, 0.2) is 5.65 Å². The normalized spacial score (nSPS) is 14.4. The maximum absolute atomic E-state index is 13.5. The third-order valence-corrected chi connectivity index (χ3v) is 5.33. The predicted molar refractivity (Wildman–Crippen MR) is 114 cm³/mol. The summed E-state index contributed by atoms with van der Waals surface area (Å²) in [5, 5.41) is 9.23. The summed E-state index contributed by atoms with van der Waals surface area (Å²) in [6, 6.07) is 0.909. The third-order valence-electron chi connectivity index (χ3n) is 5.33. The lowest BCUT2D eigenvalue weighted by Gasteiger charge is -2.30. The third kappa shape index (κ3) is 4.51. The summed E-state index contributed by atoms with van der Waals surface area (Å²) in [5.74, 6) is -2.29. The van der Waals surface area contributed by atoms with Gasteiger partial charge in [-0.15, -0.1) is 0 Å². The number of carbonyl (C=O) groups excluding carboxylic acids is 2. The number of halogens is 4. The molecular formula is C21H20F4N6O3. The molecule has 0 aliphatic carbocycles. The van der Waals surface area contributed by atoms with Crippen molar-refractivity contribution in [3.8, 4) is 0 Å². The van der Waals surface area contributed by atoms with Crippen molar-refractivity contribution in [3.05, 3.63) is 47.0 Å². The Hall–Kier alpha value is -3.74. The SMILES string of the molecule is Cc1nn(C)c2ncc(C(=O)NC(=O)Nc3ccc(F)c(C(F)(F)F)c3)c(N3CCOCC3)c12. The van der Waals surface area contributed by atoms with Crippen LogP contribution in [0.2, 0.25) is 0 Å². The Kier molecular flexibility index (Phi) is 6.13. The van der Waals surface area contributed by atoms with Crippen molar-refractivity contribution in [2.45, 2.75) is 13.1 Å². The van der Waals surface area contributed by atoms with E-state index in [1.165, 1.54) is 6.20 Å². The molecule has 1 fully saturated rings. The highest BCUT2D eigenvalue weighted by molar-refractivity contribution is 6.13. The molecule has 0 atom stereocenters. The van der Waals surface area contributed by atoms with Crippen molar-refractivity contribution < 1.29 is 31.9 Å². The number of urea groups is 1. The lowest BCUT2D eigenvalue weighted by atomic mass is 10.1. The number of morpholine rings is 1. The summed E-state index contributed by atoms with van der Waals surface area (Å²) < 4.78 is 59.3. The molecule has 0 saturated carbocycles. The molecule has 0 spiro atoms. The van der Waals surface area contributed by atoms with Gasteiger partial charge in [0.05, 0.1) is 41.1 Å². The second-order valence-corrected chi connectivity index (χ2v) is 7.63. The number of hydrogen-bond acceptors (Lipinski definition) is 6. The number of carbonyl (C=O) groups is 2. The molecule has 1 aliphatic rings. The zero-order valence-corrected chi connectivity index (χ0v) is 18.2. The number of ether oxygens (including phenoxy) is 1. The van der Waals surface area contributed by atoms with E-state index >= 15 is 0 Å². The van der Waals surface area contributed by atoms with Gasteiger partial charge in [-0.1, -0.05) is 0 Å². The van der Waals surface area contributed by atoms with Crippen molar-refractivity contribution in [2.75, 3.05) is 36.5 Å². The maximum atomic E-state index is 13.5. The molecule has 3 heterocycles. The predicted octanol–water partition coefficient (Wildman–Crippen LogP) is 3.23. The Labute approximate surface area is 190 Å². The zero-order chi connectivity index (χ0) is 24.6. The van der Waals surface area contributed by atoms with E-state index in [4.69, 9.17) is 4.74 Å². The number of pyridine rings is 1. The van der Waals surface area contributed by atoms with E-state index in [2.05, 4.69) is 20.7 Å². The Bertz CT molecular complexity index is 1270. The van der Waals surface area contributed by atoms with Gasteiger partial charge in [0.2, 0.25) is 0 Å². The van der Waals surface area contributed by atoms with Crippen molar-refractivity contribution in [2.24, 2.45) is 7.05 Å². The van der Waals surface area contributed by atoms with Crippen LogP contribution in [0.3, 0.4) is 0 Å². The fourth-order valence-electron chi connectivity index (χ4n) is 3.83. The van der Waals surface area contributed by atoms with Crippen LogP contribution in [0.15, 0.2) is 24.4 Å². The summed E-state index contributed by atoms with van der Waals surface area (Å²) in [6.07, 6.45) is -3.62. The number of amides is 3. The summed E-state index contributed by atoms with van der Waals surface area (Å²) in [4.78, 5) is 31.6. The Balaban J connectivity index is 1.62. The fourth-order valence-corrected chi connectivity index (χ4v) is 3.83. The second kappa shape index (κ2) is 8.89. The number of anilines is 2. The molecule has 0 radical (unpaired) electrons. The summed E-state index contributed by atoms with van der Waals surface area (Å²) in [7, 11) is 1.72. The quantitative estimate of drug-likeness (QED) is 0.559. The summed E-state index contributed by atoms with van der Waals surface area (Å²) in [5.41, 5.74) is -0.0549. The number of aromatic nitrogens is 3. The maximum Gasteiger partial charge on any atom is 0.419 e. The van der Waals surface area contributed by atoms with Crippen LogP contribution in [-0.4, -0.2) is 53.0 Å². The van der Waals surface area contributed by atoms with Gasteiger partial charge >= 0.3 is 12.2 Å². The molecule has 1 saturated heterocycles. The molecule has 0 unspecified atom stereocenters. The summed E-state index contributed by atoms with van der Waals surface area (Å²) >= 11 is 0. The molecule has 13 heteroatoms. The lowest BCUT2D eigenvalue weighted by Crippen LogP contribution is -2.39. The van der Waals surface area contributed by atoms with Crippen LogP contribution >= 0.6 is 0 Å². The molecule has 4 rings (SSSR count). The molecule has 1 aromatic carbocycles. The average Bonchev–Trinajstić information content (AvgIpc) is 3.07. The highest BCUT2D eigenvalue weighted by Gasteiger charge is 2.34. The Morgan fingerprint density at radius 2 is 1.88 bits per heavy atom. The summed E-state index contributed by atoms with van der Waals surface area (Å²) in [6.45, 7) is 3.65. The number of hydrogen-bond donors (Lipinski definition) is 2. The van der Waals surface area contributed by atoms with E-state index in [1.54, 1.807) is 18.7 Å². The van der Waals surface area contributed by atoms with E-state index in [0.29, 0.717) is 60.9 Å². The van der Waals surface area contributed by atoms with Gasteiger partial charge in [-0.3, -0.25) is 14.8 Å². The number of alkyl halides is 3. The Morgan fingerprint density at radius 1 is 1.18 bits per heavy atom. The highest BCUT2D eigenvalue weighted by Crippen LogP contribution is 2.34. The van der Waals surface area contributed by atoms with Crippen LogP contribution in [-0.2, 0) is 18.0 Å². The van der Waals surface area contributed by atoms with E-state index in [-0.39, 0.29) is 11.3 Å². The minimum atomic E-state index is -4.94. The molecule has 3 aromatic rings. The van der Waals surface area contributed by atoms with Crippen LogP contribution < -0.4 is 15.5 Å². The smallest absolute Gasteiger partial charge is 0.378 e. The van der Waals surface area contributed by atoms with Crippen LogP contribution in [0, 0.1) is 12.7 Å². The van der Waals surface area contributed by atoms with Crippen molar-refractivity contribution in [3.63, 3.8) is 0 Å². The molecule has 34 heavy (non-hydrogen) atoms. The van der Waals surface area contributed by atoms with Crippen LogP contribution in [0.25, 0.3) is 11.0 Å². The first-order valence-electron chi connectivity index (χ1n) is 10.2. The first kappa shape index (κ1) is 23.4. The van der Waals surface area contributed by atoms with Gasteiger partial charge < -0.3 is 15.0 Å². The Morgan fingerprint density at radius 3 is 2.56 bits per heavy atom. The molecule has 3 amide bonds. The molecule has 2 N–H and O–H groups in total. The van der Waals surface area contributed by atoms with Gasteiger partial charge in [-0.2, -0.15) is 18.3 Å². The molecule has 2 aromatic heterocycles. The van der Waals surface area contributed by atoms with Gasteiger partial charge in [0.25, 0.3) is 5.91 Å². The number of aryl methyl sites for hydroxylation is 2. The molecule has 0 bridgehead atoms. The number of fused-ring (bicyclic) bond motifs is 1. The van der Waals surface area contributed by atoms with E-state index < -0.39 is 29.5 Å². The second-order valence-electron chi connectivity index (χ2n) is 7.63. The minimum absolute atomic E-state index is 0.0933. The first-order chi connectivity index (χ1) is 16.1. The number of nitrogens with one attached hydrogen (secondary N) is 2. The monoisotopic (exact) mass is 480 g/mol. The number of imide groups is 1. The molecule has 9 nitrogen and oxygen atoms in total. The van der Waals surface area contributed by atoms with Gasteiger partial charge in [-0.05, 0) is 25.1 Å². The molecule has 180 valence electrons. The number of benzene rings is 1. The number of nitrogens with zero attached hydrogens (tertiary/aromatic N) is 4. The topological polar surface area (TPSA) is 101 Å². The van der Waals surface area contributed by atoms with E-state index in [0.717, 1.165) is 6.07 Å². The van der Waals surface area contributed by atoms with Crippen molar-refractivity contribution in [1.82, 2.24) is 20.1 Å². The van der Waals surface area contributed by atoms with Crippen LogP contribution in [0.4, 0.5) is 33.7 Å². The van der Waals surface area contributed by atoms with Crippen LogP contribution in [0.5, 0.6) is 0 Å². The van der Waals surface area contributed by atoms with Crippen LogP contribution in [0.1, 0.15) is 21.6 Å². The number of rotatable bonds is 3. The van der Waals surface area contributed by atoms with Crippen molar-refractivity contribution >= 4 is 34.3 Å². The van der Waals surface area contributed by atoms with Crippen molar-refractivity contribution in [1.29, 1.82) is 0 Å². The largest absolute Gasteiger partial charge is 0.419 e. The standard InChI is InChI=1S/C21H20F4N6O3/c1-11-16-17(31-5-7-34-8-6-31)13(10-26-18(16)30(2)29-11)19(32)28-20(33)27-12-3-4-15(22)14(9-12)21(23,24)25/h3-4,9-10H,5-8H2,1-2H3,(H2,27,28,32,33).